The van der Waals surface area contributed by atoms with Crippen molar-refractivity contribution in [2.45, 2.75) is 39.2 Å². The third-order valence-corrected chi connectivity index (χ3v) is 5.32. The molecule has 0 bridgehead atoms. The Labute approximate surface area is 147 Å². The van der Waals surface area contributed by atoms with Crippen molar-refractivity contribution in [3.8, 4) is 5.75 Å². The van der Waals surface area contributed by atoms with Crippen molar-refractivity contribution < 1.29 is 18.7 Å². The lowest BCUT2D eigenvalue weighted by Crippen LogP contribution is -2.43. The van der Waals surface area contributed by atoms with E-state index in [4.69, 9.17) is 4.74 Å². The van der Waals surface area contributed by atoms with E-state index in [0.29, 0.717) is 18.8 Å². The monoisotopic (exact) mass is 348 g/mol. The second-order valence-electron chi connectivity index (χ2n) is 7.41. The highest BCUT2D eigenvalue weighted by atomic mass is 19.1. The third kappa shape index (κ3) is 4.11. The van der Waals surface area contributed by atoms with Crippen LogP contribution in [0, 0.1) is 17.2 Å². The summed E-state index contributed by atoms with van der Waals surface area (Å²) in [6, 6.07) is 5.90. The van der Waals surface area contributed by atoms with E-state index < -0.39 is 0 Å². The highest BCUT2D eigenvalue weighted by Crippen LogP contribution is 2.53. The van der Waals surface area contributed by atoms with Gasteiger partial charge in [-0.2, -0.15) is 0 Å². The molecule has 136 valence electrons. The summed E-state index contributed by atoms with van der Waals surface area (Å²) in [6.07, 6.45) is 2.84. The molecule has 1 spiro atoms. The Kier molecular flexibility index (Phi) is 4.97. The van der Waals surface area contributed by atoms with Gasteiger partial charge in [-0.3, -0.25) is 9.59 Å². The molecular weight excluding hydrogens is 323 g/mol. The Morgan fingerprint density at radius 2 is 1.92 bits per heavy atom. The van der Waals surface area contributed by atoms with Crippen molar-refractivity contribution in [3.63, 3.8) is 0 Å². The summed E-state index contributed by atoms with van der Waals surface area (Å²) >= 11 is 0. The normalized spacial score (nSPS) is 21.3. The first-order valence-corrected chi connectivity index (χ1v) is 8.86. The summed E-state index contributed by atoms with van der Waals surface area (Å²) in [6.45, 7) is 5.14. The topological polar surface area (TPSA) is 58.6 Å². The van der Waals surface area contributed by atoms with Crippen molar-refractivity contribution in [1.82, 2.24) is 10.2 Å². The van der Waals surface area contributed by atoms with Crippen LogP contribution in [0.15, 0.2) is 24.3 Å². The first-order chi connectivity index (χ1) is 11.9. The molecule has 2 amide bonds. The van der Waals surface area contributed by atoms with Gasteiger partial charge in [-0.15, -0.1) is 0 Å². The Morgan fingerprint density at radius 1 is 1.28 bits per heavy atom. The number of rotatable bonds is 5. The Hall–Kier alpha value is -2.11. The fraction of sp³-hybridized carbons (Fsp3) is 0.579. The van der Waals surface area contributed by atoms with Gasteiger partial charge >= 0.3 is 0 Å². The number of nitrogens with one attached hydrogen (secondary N) is 1. The predicted octanol–water partition coefficient (Wildman–Crippen LogP) is 2.36. The summed E-state index contributed by atoms with van der Waals surface area (Å²) in [5, 5.41) is 3.11. The van der Waals surface area contributed by atoms with Crippen LogP contribution in [0.1, 0.15) is 33.1 Å². The lowest BCUT2D eigenvalue weighted by molar-refractivity contribution is -0.135. The quantitative estimate of drug-likeness (QED) is 0.889. The van der Waals surface area contributed by atoms with Gasteiger partial charge in [-0.25, -0.2) is 4.39 Å². The number of hydrogen-bond acceptors (Lipinski definition) is 3. The van der Waals surface area contributed by atoms with Gasteiger partial charge in [0.05, 0.1) is 0 Å². The van der Waals surface area contributed by atoms with Crippen LogP contribution < -0.4 is 10.1 Å². The molecule has 0 radical (unpaired) electrons. The molecule has 1 N–H and O–H groups in total. The van der Waals surface area contributed by atoms with Crippen LogP contribution in [-0.4, -0.2) is 42.5 Å². The molecule has 1 aliphatic carbocycles. The average Bonchev–Trinajstić information content (AvgIpc) is 3.25. The molecule has 3 rings (SSSR count). The fourth-order valence-electron chi connectivity index (χ4n) is 3.41. The van der Waals surface area contributed by atoms with Crippen LogP contribution in [0.3, 0.4) is 0 Å². The number of benzene rings is 1. The summed E-state index contributed by atoms with van der Waals surface area (Å²) in [5.41, 5.74) is 0.180. The molecule has 2 fully saturated rings. The molecule has 1 aliphatic heterocycles. The number of amides is 2. The summed E-state index contributed by atoms with van der Waals surface area (Å²) < 4.78 is 18.3. The van der Waals surface area contributed by atoms with Gasteiger partial charge in [0.2, 0.25) is 5.91 Å². The number of likely N-dealkylation sites (tertiary alicyclic amines) is 1. The minimum atomic E-state index is -0.330. The highest BCUT2D eigenvalue weighted by molar-refractivity contribution is 5.79. The Bertz CT molecular complexity index is 637. The second-order valence-corrected chi connectivity index (χ2v) is 7.41. The molecule has 0 aromatic heterocycles. The maximum absolute atomic E-state index is 12.9. The summed E-state index contributed by atoms with van der Waals surface area (Å²) in [7, 11) is 0. The molecule has 6 heteroatoms. The maximum atomic E-state index is 12.9. The van der Waals surface area contributed by atoms with Crippen molar-refractivity contribution >= 4 is 11.8 Å². The SMILES string of the molecule is CC(C)C(=O)NC1CC12CCN(C(=O)COc1ccc(F)cc1)CC2. The summed E-state index contributed by atoms with van der Waals surface area (Å²) in [5.74, 6) is 0.212. The lowest BCUT2D eigenvalue weighted by Gasteiger charge is -2.33. The van der Waals surface area contributed by atoms with Gasteiger partial charge in [0.15, 0.2) is 6.61 Å². The lowest BCUT2D eigenvalue weighted by atomic mass is 9.92. The van der Waals surface area contributed by atoms with Gasteiger partial charge in [0.25, 0.3) is 5.91 Å². The van der Waals surface area contributed by atoms with Gasteiger partial charge in [-0.05, 0) is 48.9 Å². The van der Waals surface area contributed by atoms with E-state index >= 15 is 0 Å². The maximum Gasteiger partial charge on any atom is 0.260 e. The van der Waals surface area contributed by atoms with Gasteiger partial charge in [0, 0.05) is 25.0 Å². The number of nitrogens with zero attached hydrogens (tertiary/aromatic N) is 1. The minimum Gasteiger partial charge on any atom is -0.484 e. The molecule has 1 atom stereocenters. The molecule has 5 nitrogen and oxygen atoms in total. The van der Waals surface area contributed by atoms with E-state index in [1.165, 1.54) is 24.3 Å². The van der Waals surface area contributed by atoms with Crippen LogP contribution in [0.2, 0.25) is 0 Å². The number of carbonyl (C=O) groups is 2. The van der Waals surface area contributed by atoms with Crippen molar-refractivity contribution in [2.75, 3.05) is 19.7 Å². The number of ether oxygens (including phenoxy) is 1. The number of piperidine rings is 1. The number of carbonyl (C=O) groups excluding carboxylic acids is 2. The van der Waals surface area contributed by atoms with Crippen molar-refractivity contribution in [1.29, 1.82) is 0 Å². The molecule has 1 saturated heterocycles. The summed E-state index contributed by atoms with van der Waals surface area (Å²) in [4.78, 5) is 25.9. The average molecular weight is 348 g/mol. The zero-order valence-corrected chi connectivity index (χ0v) is 14.8. The molecular formula is C19H25FN2O3. The van der Waals surface area contributed by atoms with Crippen LogP contribution in [0.25, 0.3) is 0 Å². The largest absolute Gasteiger partial charge is 0.484 e. The Balaban J connectivity index is 1.42. The zero-order valence-electron chi connectivity index (χ0n) is 14.8. The standard InChI is InChI=1S/C19H25FN2O3/c1-13(2)18(24)21-16-11-19(16)7-9-22(10-8-19)17(23)12-25-15-5-3-14(20)4-6-15/h3-6,13,16H,7-12H2,1-2H3,(H,21,24). The van der Waals surface area contributed by atoms with E-state index in [-0.39, 0.29) is 41.6 Å². The molecule has 25 heavy (non-hydrogen) atoms. The van der Waals surface area contributed by atoms with Crippen LogP contribution in [0.5, 0.6) is 5.75 Å². The number of hydrogen-bond donors (Lipinski definition) is 1. The van der Waals surface area contributed by atoms with E-state index in [1.807, 2.05) is 18.7 Å². The molecule has 1 unspecified atom stereocenters. The second kappa shape index (κ2) is 7.02. The molecule has 1 saturated carbocycles. The van der Waals surface area contributed by atoms with Gasteiger partial charge in [-0.1, -0.05) is 13.8 Å². The Morgan fingerprint density at radius 3 is 2.52 bits per heavy atom. The molecule has 2 aliphatic rings. The van der Waals surface area contributed by atoms with E-state index in [9.17, 15) is 14.0 Å². The van der Waals surface area contributed by atoms with Crippen molar-refractivity contribution in [3.05, 3.63) is 30.1 Å². The van der Waals surface area contributed by atoms with E-state index in [1.54, 1.807) is 0 Å². The van der Waals surface area contributed by atoms with Gasteiger partial charge < -0.3 is 15.0 Å². The number of halogens is 1. The molecule has 1 aromatic rings. The minimum absolute atomic E-state index is 0.00271. The highest BCUT2D eigenvalue weighted by Gasteiger charge is 2.55. The van der Waals surface area contributed by atoms with E-state index in [2.05, 4.69) is 5.32 Å². The zero-order chi connectivity index (χ0) is 18.0. The van der Waals surface area contributed by atoms with Crippen LogP contribution >= 0.6 is 0 Å². The van der Waals surface area contributed by atoms with Gasteiger partial charge in [0.1, 0.15) is 11.6 Å². The predicted molar refractivity (Wildman–Crippen MR) is 91.5 cm³/mol. The van der Waals surface area contributed by atoms with Crippen molar-refractivity contribution in [2.24, 2.45) is 11.3 Å². The van der Waals surface area contributed by atoms with Crippen LogP contribution in [0.4, 0.5) is 4.39 Å². The van der Waals surface area contributed by atoms with Crippen LogP contribution in [-0.2, 0) is 9.59 Å². The smallest absolute Gasteiger partial charge is 0.260 e. The first-order valence-electron chi connectivity index (χ1n) is 8.86. The van der Waals surface area contributed by atoms with E-state index in [0.717, 1.165) is 19.3 Å². The molecule has 1 aromatic carbocycles. The third-order valence-electron chi connectivity index (χ3n) is 5.32. The fourth-order valence-corrected chi connectivity index (χ4v) is 3.41. The first kappa shape index (κ1) is 17.7. The molecule has 1 heterocycles.